The van der Waals surface area contributed by atoms with Crippen molar-refractivity contribution >= 4 is 11.6 Å². The summed E-state index contributed by atoms with van der Waals surface area (Å²) in [5, 5.41) is 8.06. The van der Waals surface area contributed by atoms with Crippen molar-refractivity contribution in [3.63, 3.8) is 0 Å². The Morgan fingerprint density at radius 2 is 2.43 bits per heavy atom. The maximum Gasteiger partial charge on any atom is 0.0625 e. The van der Waals surface area contributed by atoms with Crippen molar-refractivity contribution in [2.45, 2.75) is 13.3 Å². The Balaban J connectivity index is 3.03. The molecule has 0 aliphatic heterocycles. The highest BCUT2D eigenvalue weighted by molar-refractivity contribution is 6.18. The van der Waals surface area contributed by atoms with Gasteiger partial charge in [0.15, 0.2) is 0 Å². The van der Waals surface area contributed by atoms with Crippen molar-refractivity contribution in [1.29, 1.82) is 5.26 Å². The molecule has 1 atom stereocenters. The third-order valence-corrected chi connectivity index (χ3v) is 1.23. The molecule has 7 heavy (non-hydrogen) atoms. The number of alkyl halides is 1. The van der Waals surface area contributed by atoms with Crippen molar-refractivity contribution in [1.82, 2.24) is 0 Å². The molecule has 0 heterocycles. The molecule has 2 heteroatoms. The highest BCUT2D eigenvalue weighted by Crippen LogP contribution is 2.00. The maximum absolute atomic E-state index is 8.06. The second-order valence-electron chi connectivity index (χ2n) is 1.62. The molecule has 0 radical (unpaired) electrons. The van der Waals surface area contributed by atoms with Gasteiger partial charge < -0.3 is 0 Å². The second-order valence-corrected chi connectivity index (χ2v) is 1.93. The summed E-state index contributed by atoms with van der Waals surface area (Å²) in [6.45, 7) is 1.95. The lowest BCUT2D eigenvalue weighted by Gasteiger charge is -1.95. The van der Waals surface area contributed by atoms with Gasteiger partial charge in [-0.1, -0.05) is 6.92 Å². The molecule has 0 aromatic heterocycles. The van der Waals surface area contributed by atoms with E-state index in [-0.39, 0.29) is 0 Å². The van der Waals surface area contributed by atoms with Gasteiger partial charge in [0.1, 0.15) is 0 Å². The van der Waals surface area contributed by atoms with E-state index in [2.05, 4.69) is 0 Å². The largest absolute Gasteiger partial charge is 0.198 e. The molecule has 0 N–H and O–H groups in total. The molecule has 0 aromatic carbocycles. The van der Waals surface area contributed by atoms with Crippen LogP contribution in [-0.4, -0.2) is 5.88 Å². The lowest BCUT2D eigenvalue weighted by molar-refractivity contribution is 0.679. The van der Waals surface area contributed by atoms with Gasteiger partial charge in [-0.15, -0.1) is 11.6 Å². The Hall–Kier alpha value is -0.220. The molecule has 0 aliphatic rings. The average Bonchev–Trinajstić information content (AvgIpc) is 1.68. The normalized spacial score (nSPS) is 12.7. The topological polar surface area (TPSA) is 23.8 Å². The molecule has 0 aliphatic carbocycles. The first-order valence-corrected chi connectivity index (χ1v) is 2.77. The van der Waals surface area contributed by atoms with Gasteiger partial charge in [0, 0.05) is 12.3 Å². The van der Waals surface area contributed by atoms with Crippen LogP contribution in [0, 0.1) is 17.2 Å². The molecular weight excluding hydrogens is 110 g/mol. The Kier molecular flexibility index (Phi) is 3.83. The summed E-state index contributed by atoms with van der Waals surface area (Å²) in [4.78, 5) is 0. The van der Waals surface area contributed by atoms with Gasteiger partial charge in [-0.3, -0.25) is 0 Å². The number of hydrogen-bond donors (Lipinski definition) is 0. The molecule has 40 valence electrons. The Bertz CT molecular complexity index is 74.6. The van der Waals surface area contributed by atoms with Gasteiger partial charge >= 0.3 is 0 Å². The maximum atomic E-state index is 8.06. The number of halogens is 1. The summed E-state index contributed by atoms with van der Waals surface area (Å²) < 4.78 is 0. The van der Waals surface area contributed by atoms with E-state index in [1.165, 1.54) is 0 Å². The minimum Gasteiger partial charge on any atom is -0.198 e. The monoisotopic (exact) mass is 117 g/mol. The van der Waals surface area contributed by atoms with Crippen LogP contribution in [0.2, 0.25) is 0 Å². The lowest BCUT2D eigenvalue weighted by atomic mass is 10.2. The zero-order valence-electron chi connectivity index (χ0n) is 4.32. The number of hydrogen-bond acceptors (Lipinski definition) is 1. The highest BCUT2D eigenvalue weighted by Gasteiger charge is 1.94. The molecule has 0 rings (SSSR count). The van der Waals surface area contributed by atoms with Crippen LogP contribution in [0.15, 0.2) is 0 Å². The van der Waals surface area contributed by atoms with Crippen LogP contribution in [0.4, 0.5) is 0 Å². The second kappa shape index (κ2) is 3.95. The smallest absolute Gasteiger partial charge is 0.0625 e. The first-order valence-electron chi connectivity index (χ1n) is 2.24. The predicted molar refractivity (Wildman–Crippen MR) is 30.1 cm³/mol. The Morgan fingerprint density at radius 1 is 1.86 bits per heavy atom. The number of nitrogens with zero attached hydrogens (tertiary/aromatic N) is 1. The molecule has 0 spiro atoms. The van der Waals surface area contributed by atoms with E-state index >= 15 is 0 Å². The quantitative estimate of drug-likeness (QED) is 0.506. The summed E-state index contributed by atoms with van der Waals surface area (Å²) in [5.74, 6) is 0.944. The van der Waals surface area contributed by atoms with Crippen LogP contribution in [0.5, 0.6) is 0 Å². The van der Waals surface area contributed by atoms with Crippen LogP contribution >= 0.6 is 11.6 Å². The summed E-state index contributed by atoms with van der Waals surface area (Å²) in [6, 6.07) is 2.03. The first-order chi connectivity index (χ1) is 3.31. The fourth-order valence-electron chi connectivity index (χ4n) is 0.210. The van der Waals surface area contributed by atoms with E-state index < -0.39 is 0 Å². The van der Waals surface area contributed by atoms with Crippen molar-refractivity contribution in [3.05, 3.63) is 0 Å². The van der Waals surface area contributed by atoms with E-state index in [4.69, 9.17) is 16.9 Å². The first kappa shape index (κ1) is 6.78. The fourth-order valence-corrected chi connectivity index (χ4v) is 0.320. The molecule has 0 saturated heterocycles. The fraction of sp³-hybridized carbons (Fsp3) is 0.800. The number of rotatable bonds is 2. The van der Waals surface area contributed by atoms with Gasteiger partial charge in [0.25, 0.3) is 0 Å². The van der Waals surface area contributed by atoms with Crippen molar-refractivity contribution in [2.75, 3.05) is 5.88 Å². The lowest BCUT2D eigenvalue weighted by Crippen LogP contribution is -1.91. The minimum absolute atomic E-state index is 0.353. The summed E-state index contributed by atoms with van der Waals surface area (Å²) in [6.07, 6.45) is 0.573. The van der Waals surface area contributed by atoms with Crippen LogP contribution < -0.4 is 0 Å². The summed E-state index contributed by atoms with van der Waals surface area (Å²) in [5.41, 5.74) is 0. The highest BCUT2D eigenvalue weighted by atomic mass is 35.5. The molecule has 0 saturated carbocycles. The van der Waals surface area contributed by atoms with E-state index in [0.29, 0.717) is 18.2 Å². The molecule has 1 nitrogen and oxygen atoms in total. The van der Waals surface area contributed by atoms with Crippen molar-refractivity contribution in [3.8, 4) is 6.07 Å². The Labute approximate surface area is 48.9 Å². The van der Waals surface area contributed by atoms with Crippen LogP contribution in [0.25, 0.3) is 0 Å². The molecule has 0 aromatic rings. The van der Waals surface area contributed by atoms with Crippen LogP contribution in [0.3, 0.4) is 0 Å². The minimum atomic E-state index is 0.353. The summed E-state index contributed by atoms with van der Waals surface area (Å²) >= 11 is 5.38. The molecular formula is C5H8ClN. The third-order valence-electron chi connectivity index (χ3n) is 0.703. The predicted octanol–water partition coefficient (Wildman–Crippen LogP) is 1.77. The van der Waals surface area contributed by atoms with E-state index in [0.717, 1.165) is 0 Å². The SMILES string of the molecule is C[C@H](CCl)CC#N. The van der Waals surface area contributed by atoms with Crippen molar-refractivity contribution in [2.24, 2.45) is 5.92 Å². The molecule has 0 fully saturated rings. The van der Waals surface area contributed by atoms with E-state index in [9.17, 15) is 0 Å². The third kappa shape index (κ3) is 3.61. The van der Waals surface area contributed by atoms with E-state index in [1.54, 1.807) is 0 Å². The molecule has 0 bridgehead atoms. The van der Waals surface area contributed by atoms with Crippen LogP contribution in [0.1, 0.15) is 13.3 Å². The van der Waals surface area contributed by atoms with Crippen molar-refractivity contribution < 1.29 is 0 Å². The standard InChI is InChI=1S/C5H8ClN/c1-5(4-6)2-3-7/h5H,2,4H2,1H3/t5-/m0/s1. The van der Waals surface area contributed by atoms with Gasteiger partial charge in [0.2, 0.25) is 0 Å². The molecule has 0 amide bonds. The van der Waals surface area contributed by atoms with Gasteiger partial charge in [0.05, 0.1) is 6.07 Å². The van der Waals surface area contributed by atoms with E-state index in [1.807, 2.05) is 13.0 Å². The zero-order chi connectivity index (χ0) is 5.70. The summed E-state index contributed by atoms with van der Waals surface area (Å²) in [7, 11) is 0. The molecule has 0 unspecified atom stereocenters. The van der Waals surface area contributed by atoms with Crippen LogP contribution in [-0.2, 0) is 0 Å². The number of nitriles is 1. The Morgan fingerprint density at radius 3 is 2.57 bits per heavy atom. The van der Waals surface area contributed by atoms with Gasteiger partial charge in [-0.05, 0) is 5.92 Å². The zero-order valence-corrected chi connectivity index (χ0v) is 5.07. The average molecular weight is 118 g/mol. The van der Waals surface area contributed by atoms with Gasteiger partial charge in [-0.2, -0.15) is 5.26 Å². The van der Waals surface area contributed by atoms with Gasteiger partial charge in [-0.25, -0.2) is 0 Å².